The molecule has 3 aromatic rings. The Hall–Kier alpha value is -3.52. The van der Waals surface area contributed by atoms with E-state index in [1.54, 1.807) is 60.7 Å². The number of ether oxygens (including phenoxy) is 2. The molecule has 0 radical (unpaired) electrons. The van der Waals surface area contributed by atoms with E-state index >= 15 is 0 Å². The van der Waals surface area contributed by atoms with Crippen molar-refractivity contribution < 1.29 is 22.7 Å². The summed E-state index contributed by atoms with van der Waals surface area (Å²) >= 11 is 0. The third-order valence-corrected chi connectivity index (χ3v) is 6.11. The first kappa shape index (κ1) is 21.2. The predicted molar refractivity (Wildman–Crippen MR) is 116 cm³/mol. The van der Waals surface area contributed by atoms with Gasteiger partial charge in [-0.1, -0.05) is 36.4 Å². The van der Waals surface area contributed by atoms with Gasteiger partial charge in [0.05, 0.1) is 24.8 Å². The summed E-state index contributed by atoms with van der Waals surface area (Å²) in [4.78, 5) is 12.8. The second-order valence-electron chi connectivity index (χ2n) is 6.28. The van der Waals surface area contributed by atoms with Gasteiger partial charge in [0.25, 0.3) is 10.0 Å². The molecular formula is C22H22N2O5S. The largest absolute Gasteiger partial charge is 0.497 e. The topological polar surface area (TPSA) is 84.9 Å². The summed E-state index contributed by atoms with van der Waals surface area (Å²) in [6.07, 6.45) is 0. The van der Waals surface area contributed by atoms with Gasteiger partial charge in [-0.3, -0.25) is 9.10 Å². The van der Waals surface area contributed by atoms with Crippen LogP contribution in [0.2, 0.25) is 0 Å². The summed E-state index contributed by atoms with van der Waals surface area (Å²) in [7, 11) is -1.12. The van der Waals surface area contributed by atoms with E-state index in [0.717, 1.165) is 4.31 Å². The van der Waals surface area contributed by atoms with Gasteiger partial charge in [0.1, 0.15) is 18.0 Å². The van der Waals surface area contributed by atoms with Crippen LogP contribution in [0.1, 0.15) is 0 Å². The first-order valence-corrected chi connectivity index (χ1v) is 10.5. The van der Waals surface area contributed by atoms with E-state index in [2.05, 4.69) is 5.32 Å². The highest BCUT2D eigenvalue weighted by atomic mass is 32.2. The molecule has 0 fully saturated rings. The van der Waals surface area contributed by atoms with Crippen molar-refractivity contribution in [2.24, 2.45) is 0 Å². The fourth-order valence-corrected chi connectivity index (χ4v) is 4.32. The van der Waals surface area contributed by atoms with Crippen LogP contribution in [0.3, 0.4) is 0 Å². The second-order valence-corrected chi connectivity index (χ2v) is 8.14. The number of amides is 1. The molecule has 0 saturated heterocycles. The highest BCUT2D eigenvalue weighted by molar-refractivity contribution is 7.92. The molecule has 1 amide bonds. The molecule has 0 unspecified atom stereocenters. The summed E-state index contributed by atoms with van der Waals surface area (Å²) in [6.45, 7) is -0.436. The number of benzene rings is 3. The minimum Gasteiger partial charge on any atom is -0.497 e. The Kier molecular flexibility index (Phi) is 6.58. The van der Waals surface area contributed by atoms with Gasteiger partial charge in [0.2, 0.25) is 5.91 Å². The Labute approximate surface area is 175 Å². The second kappa shape index (κ2) is 9.32. The maximum Gasteiger partial charge on any atom is 0.264 e. The van der Waals surface area contributed by atoms with Gasteiger partial charge < -0.3 is 14.8 Å². The number of rotatable bonds is 8. The average Bonchev–Trinajstić information content (AvgIpc) is 2.78. The average molecular weight is 426 g/mol. The number of nitrogens with zero attached hydrogens (tertiary/aromatic N) is 1. The minimum atomic E-state index is -4.04. The van der Waals surface area contributed by atoms with Crippen molar-refractivity contribution in [1.29, 1.82) is 0 Å². The Morgan fingerprint density at radius 2 is 1.53 bits per heavy atom. The van der Waals surface area contributed by atoms with Crippen LogP contribution in [0, 0.1) is 0 Å². The maximum atomic E-state index is 13.4. The SMILES string of the molecule is COc1ccc(N(CC(=O)Nc2ccccc2)S(=O)(=O)c2ccccc2)c(OC)c1. The molecule has 0 spiro atoms. The molecule has 0 aliphatic rings. The lowest BCUT2D eigenvalue weighted by Crippen LogP contribution is -2.38. The predicted octanol–water partition coefficient (Wildman–Crippen LogP) is 3.54. The zero-order valence-electron chi connectivity index (χ0n) is 16.6. The van der Waals surface area contributed by atoms with Crippen molar-refractivity contribution in [1.82, 2.24) is 0 Å². The number of methoxy groups -OCH3 is 2. The zero-order chi connectivity index (χ0) is 21.6. The highest BCUT2D eigenvalue weighted by Crippen LogP contribution is 2.35. The summed E-state index contributed by atoms with van der Waals surface area (Å²) in [5.41, 5.74) is 0.798. The summed E-state index contributed by atoms with van der Waals surface area (Å²) in [5, 5.41) is 2.72. The first-order chi connectivity index (χ1) is 14.5. The van der Waals surface area contributed by atoms with Crippen LogP contribution < -0.4 is 19.1 Å². The lowest BCUT2D eigenvalue weighted by molar-refractivity contribution is -0.114. The normalized spacial score (nSPS) is 10.9. The van der Waals surface area contributed by atoms with Gasteiger partial charge in [0.15, 0.2) is 0 Å². The van der Waals surface area contributed by atoms with Crippen LogP contribution in [0.15, 0.2) is 83.8 Å². The monoisotopic (exact) mass is 426 g/mol. The number of sulfonamides is 1. The molecule has 0 aromatic heterocycles. The fraction of sp³-hybridized carbons (Fsp3) is 0.136. The van der Waals surface area contributed by atoms with Crippen molar-refractivity contribution in [2.75, 3.05) is 30.4 Å². The number of hydrogen-bond donors (Lipinski definition) is 1. The molecule has 3 aromatic carbocycles. The molecule has 156 valence electrons. The molecule has 30 heavy (non-hydrogen) atoms. The molecule has 0 heterocycles. The molecule has 0 bridgehead atoms. The van der Waals surface area contributed by atoms with Gasteiger partial charge in [-0.2, -0.15) is 0 Å². The van der Waals surface area contributed by atoms with E-state index in [1.807, 2.05) is 6.07 Å². The van der Waals surface area contributed by atoms with Gasteiger partial charge in [-0.05, 0) is 36.4 Å². The van der Waals surface area contributed by atoms with Crippen molar-refractivity contribution in [2.45, 2.75) is 4.90 Å². The van der Waals surface area contributed by atoms with Crippen LogP contribution in [0.25, 0.3) is 0 Å². The van der Waals surface area contributed by atoms with E-state index in [-0.39, 0.29) is 16.3 Å². The van der Waals surface area contributed by atoms with Crippen molar-refractivity contribution in [3.63, 3.8) is 0 Å². The van der Waals surface area contributed by atoms with Gasteiger partial charge in [-0.25, -0.2) is 8.42 Å². The molecule has 0 aliphatic heterocycles. The smallest absolute Gasteiger partial charge is 0.264 e. The highest BCUT2D eigenvalue weighted by Gasteiger charge is 2.29. The van der Waals surface area contributed by atoms with Crippen molar-refractivity contribution in [3.05, 3.63) is 78.9 Å². The van der Waals surface area contributed by atoms with Crippen LogP contribution in [0.4, 0.5) is 11.4 Å². The van der Waals surface area contributed by atoms with E-state index in [0.29, 0.717) is 11.4 Å². The number of carbonyl (C=O) groups is 1. The quantitative estimate of drug-likeness (QED) is 0.596. The molecule has 8 heteroatoms. The van der Waals surface area contributed by atoms with Crippen LogP contribution in [-0.4, -0.2) is 35.1 Å². The molecule has 0 aliphatic carbocycles. The molecular weight excluding hydrogens is 404 g/mol. The summed E-state index contributed by atoms with van der Waals surface area (Å²) in [5.74, 6) is 0.279. The lowest BCUT2D eigenvalue weighted by Gasteiger charge is -2.26. The Bertz CT molecular complexity index is 1100. The standard InChI is InChI=1S/C22H22N2O5S/c1-28-18-13-14-20(21(15-18)29-2)24(30(26,27)19-11-7-4-8-12-19)16-22(25)23-17-9-5-3-6-10-17/h3-15H,16H2,1-2H3,(H,23,25). The van der Waals surface area contributed by atoms with Gasteiger partial charge in [0, 0.05) is 11.8 Å². The number of nitrogens with one attached hydrogen (secondary N) is 1. The lowest BCUT2D eigenvalue weighted by atomic mass is 10.2. The number of anilines is 2. The zero-order valence-corrected chi connectivity index (χ0v) is 17.4. The maximum absolute atomic E-state index is 13.4. The Balaban J connectivity index is 2.02. The van der Waals surface area contributed by atoms with Gasteiger partial charge >= 0.3 is 0 Å². The third-order valence-electron chi connectivity index (χ3n) is 4.33. The molecule has 3 rings (SSSR count). The third kappa shape index (κ3) is 4.72. The summed E-state index contributed by atoms with van der Waals surface area (Å²) in [6, 6.07) is 21.5. The summed E-state index contributed by atoms with van der Waals surface area (Å²) < 4.78 is 38.4. The van der Waals surface area contributed by atoms with Gasteiger partial charge in [-0.15, -0.1) is 0 Å². The van der Waals surface area contributed by atoms with E-state index in [9.17, 15) is 13.2 Å². The van der Waals surface area contributed by atoms with E-state index in [4.69, 9.17) is 9.47 Å². The van der Waals surface area contributed by atoms with Crippen molar-refractivity contribution >= 4 is 27.3 Å². The molecule has 0 saturated carbocycles. The Morgan fingerprint density at radius 1 is 0.900 bits per heavy atom. The van der Waals surface area contributed by atoms with Crippen LogP contribution in [0.5, 0.6) is 11.5 Å². The number of para-hydroxylation sites is 1. The number of hydrogen-bond acceptors (Lipinski definition) is 5. The molecule has 7 nitrogen and oxygen atoms in total. The Morgan fingerprint density at radius 3 is 2.13 bits per heavy atom. The number of carbonyl (C=O) groups excluding carboxylic acids is 1. The van der Waals surface area contributed by atoms with Crippen LogP contribution in [-0.2, 0) is 14.8 Å². The molecule has 0 atom stereocenters. The minimum absolute atomic E-state index is 0.0652. The fourth-order valence-electron chi connectivity index (χ4n) is 2.86. The van der Waals surface area contributed by atoms with E-state index < -0.39 is 22.5 Å². The van der Waals surface area contributed by atoms with Crippen LogP contribution >= 0.6 is 0 Å². The van der Waals surface area contributed by atoms with E-state index in [1.165, 1.54) is 26.4 Å². The van der Waals surface area contributed by atoms with Crippen molar-refractivity contribution in [3.8, 4) is 11.5 Å². The molecule has 1 N–H and O–H groups in total. The first-order valence-electron chi connectivity index (χ1n) is 9.10.